The minimum Gasteiger partial charge on any atom is -0.275 e. The van der Waals surface area contributed by atoms with Crippen molar-refractivity contribution in [3.63, 3.8) is 0 Å². The molecule has 0 N–H and O–H groups in total. The largest absolute Gasteiger partial charge is 0.275 e. The number of hydrogen-bond donors (Lipinski definition) is 0. The minimum atomic E-state index is -2.43. The Labute approximate surface area is 80.1 Å². The quantitative estimate of drug-likeness (QED) is 0.685. The van der Waals surface area contributed by atoms with E-state index in [9.17, 15) is 8.78 Å². The minimum absolute atomic E-state index is 0.0358. The lowest BCUT2D eigenvalue weighted by Gasteiger charge is -2.01. The molecular formula is C10H10F2N2. The van der Waals surface area contributed by atoms with Gasteiger partial charge in [-0.2, -0.15) is 5.10 Å². The summed E-state index contributed by atoms with van der Waals surface area (Å²) in [5.74, 6) is 0. The van der Waals surface area contributed by atoms with Gasteiger partial charge >= 0.3 is 0 Å². The lowest BCUT2D eigenvalue weighted by Crippen LogP contribution is -1.87. The fourth-order valence-corrected chi connectivity index (χ4v) is 1.57. The Balaban J connectivity index is 2.71. The fraction of sp³-hybridized carbons (Fsp3) is 0.300. The molecule has 0 aliphatic rings. The third kappa shape index (κ3) is 1.36. The van der Waals surface area contributed by atoms with E-state index in [1.54, 1.807) is 11.7 Å². The second-order valence-corrected chi connectivity index (χ2v) is 3.37. The summed E-state index contributed by atoms with van der Waals surface area (Å²) >= 11 is 0. The Morgan fingerprint density at radius 1 is 1.36 bits per heavy atom. The SMILES string of the molecule is Cc1cc(C(F)F)cc2nn(C)cc12. The molecule has 1 heterocycles. The van der Waals surface area contributed by atoms with Gasteiger partial charge in [0.25, 0.3) is 6.43 Å². The van der Waals surface area contributed by atoms with Crippen LogP contribution in [0.1, 0.15) is 17.6 Å². The van der Waals surface area contributed by atoms with Gasteiger partial charge in [0, 0.05) is 24.2 Å². The first-order valence-electron chi connectivity index (χ1n) is 4.30. The number of fused-ring (bicyclic) bond motifs is 1. The zero-order chi connectivity index (χ0) is 10.3. The van der Waals surface area contributed by atoms with Crippen LogP contribution in [-0.4, -0.2) is 9.78 Å². The monoisotopic (exact) mass is 196 g/mol. The van der Waals surface area contributed by atoms with E-state index in [1.807, 2.05) is 13.1 Å². The highest BCUT2D eigenvalue weighted by atomic mass is 19.3. The zero-order valence-corrected chi connectivity index (χ0v) is 7.96. The molecule has 14 heavy (non-hydrogen) atoms. The third-order valence-electron chi connectivity index (χ3n) is 2.22. The number of halogens is 2. The molecule has 0 atom stereocenters. The molecule has 2 rings (SSSR count). The van der Waals surface area contributed by atoms with Gasteiger partial charge in [-0.1, -0.05) is 0 Å². The van der Waals surface area contributed by atoms with E-state index in [1.165, 1.54) is 12.1 Å². The first kappa shape index (κ1) is 9.12. The number of benzene rings is 1. The molecule has 0 spiro atoms. The summed E-state index contributed by atoms with van der Waals surface area (Å²) in [5.41, 5.74) is 1.50. The smallest absolute Gasteiger partial charge is 0.263 e. The summed E-state index contributed by atoms with van der Waals surface area (Å²) in [6.45, 7) is 1.82. The van der Waals surface area contributed by atoms with Crippen molar-refractivity contribution in [2.24, 2.45) is 7.05 Å². The average Bonchev–Trinajstić information content (AvgIpc) is 2.45. The van der Waals surface area contributed by atoms with Crippen molar-refractivity contribution in [2.75, 3.05) is 0 Å². The van der Waals surface area contributed by atoms with Crippen LogP contribution in [0.3, 0.4) is 0 Å². The summed E-state index contributed by atoms with van der Waals surface area (Å²) in [4.78, 5) is 0. The van der Waals surface area contributed by atoms with Crippen LogP contribution in [0.4, 0.5) is 8.78 Å². The molecule has 1 aromatic heterocycles. The maximum atomic E-state index is 12.4. The topological polar surface area (TPSA) is 17.8 Å². The molecule has 0 saturated carbocycles. The third-order valence-corrected chi connectivity index (χ3v) is 2.22. The number of rotatable bonds is 1. The van der Waals surface area contributed by atoms with Crippen molar-refractivity contribution in [3.05, 3.63) is 29.5 Å². The molecular weight excluding hydrogens is 186 g/mol. The molecule has 0 radical (unpaired) electrons. The highest BCUT2D eigenvalue weighted by Gasteiger charge is 2.11. The van der Waals surface area contributed by atoms with Crippen molar-refractivity contribution >= 4 is 10.9 Å². The van der Waals surface area contributed by atoms with Crippen LogP contribution in [-0.2, 0) is 7.05 Å². The first-order chi connectivity index (χ1) is 6.58. The van der Waals surface area contributed by atoms with Crippen LogP contribution < -0.4 is 0 Å². The molecule has 1 aromatic carbocycles. The average molecular weight is 196 g/mol. The second kappa shape index (κ2) is 3.04. The van der Waals surface area contributed by atoms with Crippen LogP contribution in [0.25, 0.3) is 10.9 Å². The van der Waals surface area contributed by atoms with Crippen molar-refractivity contribution in [1.82, 2.24) is 9.78 Å². The van der Waals surface area contributed by atoms with Gasteiger partial charge in [0.2, 0.25) is 0 Å². The van der Waals surface area contributed by atoms with Crippen molar-refractivity contribution in [2.45, 2.75) is 13.3 Å². The van der Waals surface area contributed by atoms with Crippen molar-refractivity contribution in [1.29, 1.82) is 0 Å². The maximum Gasteiger partial charge on any atom is 0.263 e. The maximum absolute atomic E-state index is 12.4. The molecule has 0 aliphatic carbocycles. The standard InChI is InChI=1S/C10H10F2N2/c1-6-3-7(10(11)12)4-9-8(6)5-14(2)13-9/h3-5,10H,1-2H3. The Morgan fingerprint density at radius 3 is 2.71 bits per heavy atom. The zero-order valence-electron chi connectivity index (χ0n) is 7.96. The fourth-order valence-electron chi connectivity index (χ4n) is 1.57. The number of aromatic nitrogens is 2. The Bertz CT molecular complexity index is 474. The van der Waals surface area contributed by atoms with Gasteiger partial charge in [0.15, 0.2) is 0 Å². The lowest BCUT2D eigenvalue weighted by atomic mass is 10.1. The molecule has 4 heteroatoms. The molecule has 0 amide bonds. The summed E-state index contributed by atoms with van der Waals surface area (Å²) in [6.07, 6.45) is -0.597. The molecule has 0 aliphatic heterocycles. The number of aryl methyl sites for hydroxylation is 2. The molecule has 74 valence electrons. The number of nitrogens with zero attached hydrogens (tertiary/aromatic N) is 2. The van der Waals surface area contributed by atoms with Gasteiger partial charge in [-0.25, -0.2) is 8.78 Å². The van der Waals surface area contributed by atoms with Gasteiger partial charge in [-0.05, 0) is 24.6 Å². The van der Waals surface area contributed by atoms with E-state index in [0.717, 1.165) is 10.9 Å². The van der Waals surface area contributed by atoms with Crippen molar-refractivity contribution < 1.29 is 8.78 Å². The summed E-state index contributed by atoms with van der Waals surface area (Å²) in [5, 5.41) is 5.03. The van der Waals surface area contributed by atoms with Crippen LogP contribution in [0.5, 0.6) is 0 Å². The van der Waals surface area contributed by atoms with Crippen LogP contribution in [0.2, 0.25) is 0 Å². The van der Waals surface area contributed by atoms with Crippen molar-refractivity contribution in [3.8, 4) is 0 Å². The van der Waals surface area contributed by atoms with Gasteiger partial charge < -0.3 is 0 Å². The predicted octanol–water partition coefficient (Wildman–Crippen LogP) is 2.82. The normalized spacial score (nSPS) is 11.5. The van der Waals surface area contributed by atoms with E-state index in [0.29, 0.717) is 5.52 Å². The summed E-state index contributed by atoms with van der Waals surface area (Å²) in [7, 11) is 1.78. The Morgan fingerprint density at radius 2 is 2.07 bits per heavy atom. The van der Waals surface area contributed by atoms with E-state index in [2.05, 4.69) is 5.10 Å². The highest BCUT2D eigenvalue weighted by molar-refractivity contribution is 5.82. The molecule has 2 aromatic rings. The highest BCUT2D eigenvalue weighted by Crippen LogP contribution is 2.25. The molecule has 2 nitrogen and oxygen atoms in total. The van der Waals surface area contributed by atoms with Gasteiger partial charge in [-0.3, -0.25) is 4.68 Å². The molecule has 0 unspecified atom stereocenters. The van der Waals surface area contributed by atoms with Gasteiger partial charge in [0.1, 0.15) is 0 Å². The van der Waals surface area contributed by atoms with E-state index in [-0.39, 0.29) is 5.56 Å². The van der Waals surface area contributed by atoms with E-state index in [4.69, 9.17) is 0 Å². The summed E-state index contributed by atoms with van der Waals surface area (Å²) in [6, 6.07) is 2.95. The van der Waals surface area contributed by atoms with Gasteiger partial charge in [0.05, 0.1) is 5.52 Å². The second-order valence-electron chi connectivity index (χ2n) is 3.37. The lowest BCUT2D eigenvalue weighted by molar-refractivity contribution is 0.151. The summed E-state index contributed by atoms with van der Waals surface area (Å²) < 4.78 is 26.5. The Hall–Kier alpha value is -1.45. The Kier molecular flexibility index (Phi) is 1.98. The number of alkyl halides is 2. The van der Waals surface area contributed by atoms with Crippen LogP contribution >= 0.6 is 0 Å². The number of hydrogen-bond acceptors (Lipinski definition) is 1. The van der Waals surface area contributed by atoms with E-state index < -0.39 is 6.43 Å². The van der Waals surface area contributed by atoms with Gasteiger partial charge in [-0.15, -0.1) is 0 Å². The molecule has 0 saturated heterocycles. The first-order valence-corrected chi connectivity index (χ1v) is 4.30. The molecule has 0 bridgehead atoms. The van der Waals surface area contributed by atoms with Crippen LogP contribution in [0, 0.1) is 6.92 Å². The van der Waals surface area contributed by atoms with E-state index >= 15 is 0 Å². The predicted molar refractivity (Wildman–Crippen MR) is 50.4 cm³/mol. The molecule has 0 fully saturated rings. The van der Waals surface area contributed by atoms with Crippen LogP contribution in [0.15, 0.2) is 18.3 Å².